The number of rotatable bonds is 3. The first-order chi connectivity index (χ1) is 8.59. The second kappa shape index (κ2) is 5.89. The summed E-state index contributed by atoms with van der Waals surface area (Å²) >= 11 is 0. The molecule has 2 aliphatic heterocycles. The van der Waals surface area contributed by atoms with Crippen LogP contribution in [0.3, 0.4) is 0 Å². The molecule has 0 radical (unpaired) electrons. The molecule has 18 heavy (non-hydrogen) atoms. The van der Waals surface area contributed by atoms with Crippen molar-refractivity contribution in [1.29, 1.82) is 0 Å². The van der Waals surface area contributed by atoms with Crippen LogP contribution in [0, 0.1) is 5.92 Å². The zero-order chi connectivity index (χ0) is 13.0. The number of hydrogen-bond acceptors (Lipinski definition) is 3. The first-order valence-corrected chi connectivity index (χ1v) is 6.92. The van der Waals surface area contributed by atoms with Gasteiger partial charge in [-0.05, 0) is 25.7 Å². The maximum Gasteiger partial charge on any atom is 0.191 e. The van der Waals surface area contributed by atoms with Crippen LogP contribution in [-0.2, 0) is 9.47 Å². The van der Waals surface area contributed by atoms with Gasteiger partial charge in [0.15, 0.2) is 11.7 Å². The van der Waals surface area contributed by atoms with Crippen LogP contribution in [0.2, 0.25) is 0 Å². The molecule has 2 aliphatic rings. The first-order valence-electron chi connectivity index (χ1n) is 6.92. The summed E-state index contributed by atoms with van der Waals surface area (Å²) in [4.78, 5) is 6.64. The lowest BCUT2D eigenvalue weighted by Crippen LogP contribution is -2.43. The molecule has 2 rings (SSSR count). The largest absolute Gasteiger partial charge is 0.370 e. The Labute approximate surface area is 109 Å². The van der Waals surface area contributed by atoms with Gasteiger partial charge in [0.25, 0.3) is 0 Å². The van der Waals surface area contributed by atoms with E-state index in [0.717, 1.165) is 19.5 Å². The Balaban J connectivity index is 1.77. The lowest BCUT2D eigenvalue weighted by atomic mass is 10.0. The molecule has 5 heteroatoms. The van der Waals surface area contributed by atoms with Gasteiger partial charge in [0, 0.05) is 26.1 Å². The van der Waals surface area contributed by atoms with E-state index < -0.39 is 5.79 Å². The minimum Gasteiger partial charge on any atom is -0.370 e. The molecule has 0 aromatic carbocycles. The number of nitrogens with zero attached hydrogens (tertiary/aromatic N) is 2. The van der Waals surface area contributed by atoms with Crippen LogP contribution in [-0.4, -0.2) is 49.5 Å². The summed E-state index contributed by atoms with van der Waals surface area (Å²) in [5, 5.41) is 0. The number of likely N-dealkylation sites (tertiary alicyclic amines) is 1. The Morgan fingerprint density at radius 3 is 2.83 bits per heavy atom. The van der Waals surface area contributed by atoms with Crippen molar-refractivity contribution in [1.82, 2.24) is 4.90 Å². The molecule has 104 valence electrons. The fraction of sp³-hybridized carbons (Fsp3) is 0.923. The highest BCUT2D eigenvalue weighted by Gasteiger charge is 2.30. The molecule has 2 saturated heterocycles. The maximum absolute atomic E-state index is 6.03. The molecule has 0 aromatic rings. The molecule has 5 nitrogen and oxygen atoms in total. The third kappa shape index (κ3) is 3.59. The summed E-state index contributed by atoms with van der Waals surface area (Å²) in [5.41, 5.74) is 6.03. The fourth-order valence-electron chi connectivity index (χ4n) is 2.57. The average Bonchev–Trinajstić information content (AvgIpc) is 2.76. The monoisotopic (exact) mass is 255 g/mol. The van der Waals surface area contributed by atoms with Gasteiger partial charge in [0.1, 0.15) is 0 Å². The second-order valence-corrected chi connectivity index (χ2v) is 5.51. The summed E-state index contributed by atoms with van der Waals surface area (Å²) in [6.07, 6.45) is 3.27. The zero-order valence-electron chi connectivity index (χ0n) is 11.5. The van der Waals surface area contributed by atoms with Gasteiger partial charge in [-0.1, -0.05) is 6.92 Å². The van der Waals surface area contributed by atoms with E-state index in [9.17, 15) is 0 Å². The Hall–Kier alpha value is -0.810. The van der Waals surface area contributed by atoms with E-state index in [1.54, 1.807) is 0 Å². The molecule has 0 saturated carbocycles. The molecule has 2 fully saturated rings. The first kappa shape index (κ1) is 13.6. The van der Waals surface area contributed by atoms with Crippen molar-refractivity contribution in [3.63, 3.8) is 0 Å². The van der Waals surface area contributed by atoms with Gasteiger partial charge in [-0.25, -0.2) is 0 Å². The highest BCUT2D eigenvalue weighted by atomic mass is 16.7. The van der Waals surface area contributed by atoms with Crippen molar-refractivity contribution in [2.75, 3.05) is 32.8 Å². The van der Waals surface area contributed by atoms with Crippen LogP contribution in [0.15, 0.2) is 4.99 Å². The number of piperidine rings is 1. The number of ether oxygens (including phenoxy) is 2. The van der Waals surface area contributed by atoms with Crippen molar-refractivity contribution in [3.8, 4) is 0 Å². The Bertz CT molecular complexity index is 301. The van der Waals surface area contributed by atoms with E-state index in [4.69, 9.17) is 15.2 Å². The number of hydrogen-bond donors (Lipinski definition) is 1. The van der Waals surface area contributed by atoms with Crippen molar-refractivity contribution in [2.24, 2.45) is 16.6 Å². The van der Waals surface area contributed by atoms with Crippen LogP contribution in [0.25, 0.3) is 0 Å². The minimum atomic E-state index is -0.459. The number of aliphatic imine (C=N–C) groups is 1. The predicted molar refractivity (Wildman–Crippen MR) is 71.4 cm³/mol. The van der Waals surface area contributed by atoms with Gasteiger partial charge in [-0.2, -0.15) is 0 Å². The summed E-state index contributed by atoms with van der Waals surface area (Å²) in [5.74, 6) is 0.925. The molecule has 0 spiro atoms. The molecule has 2 heterocycles. The average molecular weight is 255 g/mol. The summed E-state index contributed by atoms with van der Waals surface area (Å²) in [6.45, 7) is 8.31. The molecular weight excluding hydrogens is 230 g/mol. The molecule has 1 unspecified atom stereocenters. The second-order valence-electron chi connectivity index (χ2n) is 5.51. The van der Waals surface area contributed by atoms with Gasteiger partial charge in [0.2, 0.25) is 0 Å². The van der Waals surface area contributed by atoms with Gasteiger partial charge in [-0.3, -0.25) is 4.99 Å². The van der Waals surface area contributed by atoms with Crippen molar-refractivity contribution in [2.45, 2.75) is 38.9 Å². The van der Waals surface area contributed by atoms with Crippen LogP contribution < -0.4 is 5.73 Å². The van der Waals surface area contributed by atoms with Crippen molar-refractivity contribution >= 4 is 5.96 Å². The highest BCUT2D eigenvalue weighted by Crippen LogP contribution is 2.22. The summed E-state index contributed by atoms with van der Waals surface area (Å²) < 4.78 is 11.1. The van der Waals surface area contributed by atoms with Crippen molar-refractivity contribution < 1.29 is 9.47 Å². The van der Waals surface area contributed by atoms with Gasteiger partial charge >= 0.3 is 0 Å². The van der Waals surface area contributed by atoms with Crippen LogP contribution in [0.4, 0.5) is 0 Å². The lowest BCUT2D eigenvalue weighted by molar-refractivity contribution is -0.144. The van der Waals surface area contributed by atoms with E-state index in [1.165, 1.54) is 12.8 Å². The Morgan fingerprint density at radius 1 is 1.44 bits per heavy atom. The van der Waals surface area contributed by atoms with E-state index >= 15 is 0 Å². The Kier molecular flexibility index (Phi) is 4.45. The molecule has 2 N–H and O–H groups in total. The lowest BCUT2D eigenvalue weighted by Gasteiger charge is -2.31. The number of nitrogens with two attached hydrogens (primary N) is 1. The minimum absolute atomic E-state index is 0.459. The maximum atomic E-state index is 6.03. The van der Waals surface area contributed by atoms with Gasteiger partial charge in [-0.15, -0.1) is 0 Å². The fourth-order valence-corrected chi connectivity index (χ4v) is 2.57. The van der Waals surface area contributed by atoms with E-state index in [1.807, 2.05) is 6.92 Å². The third-order valence-electron chi connectivity index (χ3n) is 3.72. The predicted octanol–water partition coefficient (Wildman–Crippen LogP) is 1.19. The third-order valence-corrected chi connectivity index (χ3v) is 3.72. The van der Waals surface area contributed by atoms with E-state index in [0.29, 0.717) is 31.6 Å². The van der Waals surface area contributed by atoms with Gasteiger partial charge < -0.3 is 20.1 Å². The molecule has 0 amide bonds. The van der Waals surface area contributed by atoms with Crippen LogP contribution in [0.1, 0.15) is 33.1 Å². The molecular formula is C13H25N3O2. The van der Waals surface area contributed by atoms with Crippen LogP contribution >= 0.6 is 0 Å². The van der Waals surface area contributed by atoms with Crippen LogP contribution in [0.5, 0.6) is 0 Å². The highest BCUT2D eigenvalue weighted by molar-refractivity contribution is 5.78. The SMILES string of the molecule is CC1CCCN(C(N)=NCCC2(C)OCCO2)C1. The van der Waals surface area contributed by atoms with Crippen molar-refractivity contribution in [3.05, 3.63) is 0 Å². The van der Waals surface area contributed by atoms with E-state index in [-0.39, 0.29) is 0 Å². The molecule has 1 atom stereocenters. The summed E-state index contributed by atoms with van der Waals surface area (Å²) in [7, 11) is 0. The normalized spacial score (nSPS) is 28.7. The summed E-state index contributed by atoms with van der Waals surface area (Å²) in [6, 6.07) is 0. The van der Waals surface area contributed by atoms with Gasteiger partial charge in [0.05, 0.1) is 13.2 Å². The smallest absolute Gasteiger partial charge is 0.191 e. The molecule has 0 bridgehead atoms. The Morgan fingerprint density at radius 2 is 2.17 bits per heavy atom. The molecule has 0 aliphatic carbocycles. The van der Waals surface area contributed by atoms with E-state index in [2.05, 4.69) is 16.8 Å². The molecule has 0 aromatic heterocycles. The topological polar surface area (TPSA) is 60.1 Å². The number of guanidine groups is 1. The quantitative estimate of drug-likeness (QED) is 0.608. The zero-order valence-corrected chi connectivity index (χ0v) is 11.5. The standard InChI is InChI=1S/C13H25N3O2/c1-11-4-3-7-16(10-11)12(14)15-6-5-13(2)17-8-9-18-13/h11H,3-10H2,1-2H3,(H2,14,15).